The van der Waals surface area contributed by atoms with Crippen LogP contribution >= 0.6 is 0 Å². The Morgan fingerprint density at radius 2 is 1.63 bits per heavy atom. The van der Waals surface area contributed by atoms with Gasteiger partial charge in [-0.05, 0) is 66.4 Å². The summed E-state index contributed by atoms with van der Waals surface area (Å²) in [5, 5.41) is 0.451. The van der Waals surface area contributed by atoms with E-state index in [2.05, 4.69) is 25.7 Å². The molecule has 0 saturated carbocycles. The zero-order valence-electron chi connectivity index (χ0n) is 25.5. The van der Waals surface area contributed by atoms with Crippen molar-refractivity contribution in [3.05, 3.63) is 94.5 Å². The maximum absolute atomic E-state index is 13.9. The van der Waals surface area contributed by atoms with Crippen molar-refractivity contribution in [1.82, 2.24) is 18.8 Å². The Kier molecular flexibility index (Phi) is 9.03. The second-order valence-electron chi connectivity index (χ2n) is 11.9. The Morgan fingerprint density at radius 1 is 0.977 bits per heavy atom. The van der Waals surface area contributed by atoms with Crippen LogP contribution in [0.4, 0.5) is 0 Å². The van der Waals surface area contributed by atoms with Crippen molar-refractivity contribution in [3.63, 3.8) is 0 Å². The highest BCUT2D eigenvalue weighted by Crippen LogP contribution is 2.29. The molecule has 0 amide bonds. The zero-order chi connectivity index (χ0) is 30.8. The molecule has 228 valence electrons. The van der Waals surface area contributed by atoms with Crippen molar-refractivity contribution in [2.75, 3.05) is 46.5 Å². The fourth-order valence-electron chi connectivity index (χ4n) is 5.15. The lowest BCUT2D eigenvalue weighted by molar-refractivity contribution is 0.0322. The number of aromatic nitrogens is 2. The van der Waals surface area contributed by atoms with Gasteiger partial charge in [-0.3, -0.25) is 14.3 Å². The van der Waals surface area contributed by atoms with E-state index in [1.54, 1.807) is 49.4 Å². The van der Waals surface area contributed by atoms with E-state index in [1.165, 1.54) is 15.9 Å². The fourth-order valence-corrected chi connectivity index (χ4v) is 6.48. The monoisotopic (exact) mass is 604 g/mol. The summed E-state index contributed by atoms with van der Waals surface area (Å²) in [5.74, 6) is 1.01. The lowest BCUT2D eigenvalue weighted by Gasteiger charge is -2.27. The van der Waals surface area contributed by atoms with Gasteiger partial charge in [0.2, 0.25) is 10.0 Å². The van der Waals surface area contributed by atoms with Gasteiger partial charge in [0.05, 0.1) is 40.7 Å². The first-order valence-corrected chi connectivity index (χ1v) is 16.0. The zero-order valence-corrected chi connectivity index (χ0v) is 26.3. The van der Waals surface area contributed by atoms with E-state index in [9.17, 15) is 13.2 Å². The van der Waals surface area contributed by atoms with Crippen molar-refractivity contribution in [3.8, 4) is 11.4 Å². The summed E-state index contributed by atoms with van der Waals surface area (Å²) in [6.07, 6.45) is 0. The first-order valence-electron chi connectivity index (χ1n) is 14.6. The highest BCUT2D eigenvalue weighted by molar-refractivity contribution is 7.89. The average molecular weight is 605 g/mol. The Balaban J connectivity index is 1.45. The Morgan fingerprint density at radius 3 is 2.28 bits per heavy atom. The summed E-state index contributed by atoms with van der Waals surface area (Å²) in [6, 6.07) is 20.6. The third-order valence-corrected chi connectivity index (χ3v) is 9.94. The average Bonchev–Trinajstić information content (AvgIpc) is 3.01. The van der Waals surface area contributed by atoms with Crippen molar-refractivity contribution >= 4 is 20.9 Å². The number of sulfonamides is 1. The van der Waals surface area contributed by atoms with Gasteiger partial charge in [0.25, 0.3) is 5.56 Å². The van der Waals surface area contributed by atoms with Gasteiger partial charge in [0.1, 0.15) is 18.2 Å². The standard InChI is InChI=1S/C33H40N4O5S/c1-24(35(5)43(39,40)28-16-10-25(11-17-28)33(2,3)4)31-34-30-9-7-6-8-29(30)32(38)37(31)26-12-14-27(15-13-26)42-23-20-36-18-21-41-22-19-36/h6-17,24H,18-23H2,1-5H3. The van der Waals surface area contributed by atoms with E-state index in [-0.39, 0.29) is 15.9 Å². The van der Waals surface area contributed by atoms with Crippen LogP contribution in [0.1, 0.15) is 45.1 Å². The number of para-hydroxylation sites is 1. The van der Waals surface area contributed by atoms with Crippen LogP contribution in [0.25, 0.3) is 16.6 Å². The molecule has 43 heavy (non-hydrogen) atoms. The Hall–Kier alpha value is -3.57. The molecule has 1 unspecified atom stereocenters. The number of hydrogen-bond donors (Lipinski definition) is 0. The minimum atomic E-state index is -3.89. The number of rotatable bonds is 9. The Bertz CT molecular complexity index is 1720. The summed E-state index contributed by atoms with van der Waals surface area (Å²) in [5.41, 5.74) is 1.75. The van der Waals surface area contributed by atoms with Crippen molar-refractivity contribution in [2.24, 2.45) is 0 Å². The van der Waals surface area contributed by atoms with Crippen molar-refractivity contribution in [2.45, 2.75) is 44.0 Å². The van der Waals surface area contributed by atoms with E-state index in [0.29, 0.717) is 34.8 Å². The summed E-state index contributed by atoms with van der Waals surface area (Å²) in [7, 11) is -2.37. The van der Waals surface area contributed by atoms with Gasteiger partial charge >= 0.3 is 0 Å². The van der Waals surface area contributed by atoms with Gasteiger partial charge in [0.15, 0.2) is 0 Å². The van der Waals surface area contributed by atoms with Gasteiger partial charge in [-0.2, -0.15) is 4.31 Å². The predicted octanol–water partition coefficient (Wildman–Crippen LogP) is 4.78. The summed E-state index contributed by atoms with van der Waals surface area (Å²) >= 11 is 0. The normalized spacial score (nSPS) is 15.6. The topological polar surface area (TPSA) is 94.0 Å². The van der Waals surface area contributed by atoms with Gasteiger partial charge < -0.3 is 9.47 Å². The SMILES string of the molecule is CC(c1nc2ccccc2c(=O)n1-c1ccc(OCCN2CCOCC2)cc1)N(C)S(=O)(=O)c1ccc(C(C)(C)C)cc1. The molecule has 0 bridgehead atoms. The first kappa shape index (κ1) is 30.9. The molecule has 9 nitrogen and oxygen atoms in total. The molecule has 1 aromatic heterocycles. The van der Waals surface area contributed by atoms with Crippen LogP contribution in [-0.4, -0.2) is 73.7 Å². The summed E-state index contributed by atoms with van der Waals surface area (Å²) < 4.78 is 41.6. The predicted molar refractivity (Wildman–Crippen MR) is 169 cm³/mol. The van der Waals surface area contributed by atoms with E-state index < -0.39 is 16.1 Å². The lowest BCUT2D eigenvalue weighted by atomic mass is 9.87. The van der Waals surface area contributed by atoms with Crippen LogP contribution in [0.15, 0.2) is 82.5 Å². The summed E-state index contributed by atoms with van der Waals surface area (Å²) in [4.78, 5) is 21.2. The third-order valence-electron chi connectivity index (χ3n) is 7.99. The molecule has 3 aromatic carbocycles. The van der Waals surface area contributed by atoms with Crippen LogP contribution < -0.4 is 10.3 Å². The second kappa shape index (κ2) is 12.6. The molecule has 10 heteroatoms. The number of ether oxygens (including phenoxy) is 2. The van der Waals surface area contributed by atoms with Crippen LogP contribution in [0, 0.1) is 0 Å². The molecular weight excluding hydrogens is 564 g/mol. The molecule has 1 aliphatic rings. The van der Waals surface area contributed by atoms with Crippen molar-refractivity contribution < 1.29 is 17.9 Å². The maximum atomic E-state index is 13.9. The maximum Gasteiger partial charge on any atom is 0.266 e. The van der Waals surface area contributed by atoms with Crippen LogP contribution in [0.3, 0.4) is 0 Å². The van der Waals surface area contributed by atoms with E-state index >= 15 is 0 Å². The molecule has 0 aliphatic carbocycles. The molecule has 4 aromatic rings. The molecule has 1 saturated heterocycles. The smallest absolute Gasteiger partial charge is 0.266 e. The molecule has 1 aliphatic heterocycles. The van der Waals surface area contributed by atoms with E-state index in [0.717, 1.165) is 38.4 Å². The third kappa shape index (κ3) is 6.67. The molecular formula is C33H40N4O5S. The molecule has 1 fully saturated rings. The molecule has 1 atom stereocenters. The summed E-state index contributed by atoms with van der Waals surface area (Å²) in [6.45, 7) is 12.6. The molecule has 0 spiro atoms. The highest BCUT2D eigenvalue weighted by Gasteiger charge is 2.30. The largest absolute Gasteiger partial charge is 0.492 e. The quantitative estimate of drug-likeness (QED) is 0.272. The second-order valence-corrected chi connectivity index (χ2v) is 13.9. The Labute approximate surface area is 253 Å². The van der Waals surface area contributed by atoms with Gasteiger partial charge in [-0.25, -0.2) is 13.4 Å². The number of hydrogen-bond acceptors (Lipinski definition) is 7. The lowest BCUT2D eigenvalue weighted by Crippen LogP contribution is -2.38. The number of nitrogens with zero attached hydrogens (tertiary/aromatic N) is 4. The first-order chi connectivity index (χ1) is 20.5. The number of morpholine rings is 1. The van der Waals surface area contributed by atoms with E-state index in [1.807, 2.05) is 30.3 Å². The van der Waals surface area contributed by atoms with Crippen molar-refractivity contribution in [1.29, 1.82) is 0 Å². The van der Waals surface area contributed by atoms with Gasteiger partial charge in [-0.15, -0.1) is 0 Å². The number of fused-ring (bicyclic) bond motifs is 1. The van der Waals surface area contributed by atoms with Gasteiger partial charge in [0, 0.05) is 26.7 Å². The van der Waals surface area contributed by atoms with Gasteiger partial charge in [-0.1, -0.05) is 45.0 Å². The van der Waals surface area contributed by atoms with E-state index in [4.69, 9.17) is 14.5 Å². The van der Waals surface area contributed by atoms with Crippen LogP contribution in [-0.2, 0) is 20.2 Å². The molecule has 2 heterocycles. The van der Waals surface area contributed by atoms with Crippen LogP contribution in [0.2, 0.25) is 0 Å². The molecule has 5 rings (SSSR count). The molecule has 0 radical (unpaired) electrons. The molecule has 0 N–H and O–H groups in total. The minimum absolute atomic E-state index is 0.101. The fraction of sp³-hybridized carbons (Fsp3) is 0.394. The number of benzene rings is 3. The minimum Gasteiger partial charge on any atom is -0.492 e. The van der Waals surface area contributed by atoms with Crippen LogP contribution in [0.5, 0.6) is 5.75 Å². The highest BCUT2D eigenvalue weighted by atomic mass is 32.2.